The molecular formula is C37H71NO6S. The number of hydrogen-bond acceptors (Lipinski definition) is 5. The number of amides is 1. The molecule has 0 aliphatic carbocycles. The molecule has 0 radical (unpaired) electrons. The van der Waals surface area contributed by atoms with Crippen LogP contribution in [0.2, 0.25) is 0 Å². The number of aliphatic hydroxyl groups is 2. The van der Waals surface area contributed by atoms with Crippen molar-refractivity contribution in [2.75, 3.05) is 5.75 Å². The second kappa shape index (κ2) is 31.4. The first-order valence-corrected chi connectivity index (χ1v) is 20.3. The first-order chi connectivity index (χ1) is 21.7. The van der Waals surface area contributed by atoms with Gasteiger partial charge in [0.25, 0.3) is 10.1 Å². The maximum absolute atomic E-state index is 12.5. The van der Waals surface area contributed by atoms with E-state index in [2.05, 4.69) is 31.3 Å². The van der Waals surface area contributed by atoms with Crippen LogP contribution >= 0.6 is 0 Å². The summed E-state index contributed by atoms with van der Waals surface area (Å²) in [5.74, 6) is -1.55. The van der Waals surface area contributed by atoms with Crippen LogP contribution in [-0.2, 0) is 14.9 Å². The van der Waals surface area contributed by atoms with Crippen LogP contribution in [0.15, 0.2) is 24.3 Å². The van der Waals surface area contributed by atoms with E-state index in [1.54, 1.807) is 6.08 Å². The maximum Gasteiger partial charge on any atom is 0.267 e. The summed E-state index contributed by atoms with van der Waals surface area (Å²) in [7, 11) is -4.44. The van der Waals surface area contributed by atoms with Crippen molar-refractivity contribution < 1.29 is 28.0 Å². The Kier molecular flexibility index (Phi) is 30.5. The zero-order valence-electron chi connectivity index (χ0n) is 29.1. The summed E-state index contributed by atoms with van der Waals surface area (Å²) in [6.07, 6.45) is 35.2. The fraction of sp³-hybridized carbons (Fsp3) is 0.865. The number of hydrogen-bond donors (Lipinski definition) is 4. The van der Waals surface area contributed by atoms with Crippen LogP contribution in [0.3, 0.4) is 0 Å². The van der Waals surface area contributed by atoms with E-state index in [1.807, 2.05) is 0 Å². The highest BCUT2D eigenvalue weighted by Gasteiger charge is 2.27. The Bertz CT molecular complexity index is 829. The van der Waals surface area contributed by atoms with Gasteiger partial charge in [0.15, 0.2) is 0 Å². The van der Waals surface area contributed by atoms with Crippen LogP contribution in [-0.4, -0.2) is 53.1 Å². The Hall–Kier alpha value is -1.22. The third-order valence-electron chi connectivity index (χ3n) is 8.49. The molecule has 0 saturated carbocycles. The molecule has 0 aliphatic rings. The van der Waals surface area contributed by atoms with Gasteiger partial charge in [0, 0.05) is 0 Å². The summed E-state index contributed by atoms with van der Waals surface area (Å²) in [6, 6.07) is -1.24. The fourth-order valence-corrected chi connectivity index (χ4v) is 6.32. The van der Waals surface area contributed by atoms with Gasteiger partial charge in [0.2, 0.25) is 5.91 Å². The molecule has 0 aromatic carbocycles. The van der Waals surface area contributed by atoms with Crippen LogP contribution in [0, 0.1) is 0 Å². The van der Waals surface area contributed by atoms with E-state index in [-0.39, 0.29) is 6.42 Å². The molecule has 0 aromatic rings. The summed E-state index contributed by atoms with van der Waals surface area (Å²) in [5.41, 5.74) is 0. The van der Waals surface area contributed by atoms with Crippen molar-refractivity contribution in [2.24, 2.45) is 0 Å². The van der Waals surface area contributed by atoms with Crippen molar-refractivity contribution in [2.45, 2.75) is 199 Å². The van der Waals surface area contributed by atoms with Crippen LogP contribution in [0.1, 0.15) is 181 Å². The van der Waals surface area contributed by atoms with Crippen LogP contribution in [0.5, 0.6) is 0 Å². The van der Waals surface area contributed by atoms with Gasteiger partial charge in [-0.2, -0.15) is 8.42 Å². The third kappa shape index (κ3) is 31.2. The molecular weight excluding hydrogens is 586 g/mol. The molecule has 0 heterocycles. The summed E-state index contributed by atoms with van der Waals surface area (Å²) < 4.78 is 32.3. The lowest BCUT2D eigenvalue weighted by Gasteiger charge is -2.22. The van der Waals surface area contributed by atoms with Gasteiger partial charge >= 0.3 is 0 Å². The van der Waals surface area contributed by atoms with E-state index in [0.29, 0.717) is 12.8 Å². The number of unbranched alkanes of at least 4 members (excludes halogenated alkanes) is 22. The van der Waals surface area contributed by atoms with Crippen molar-refractivity contribution in [3.8, 4) is 0 Å². The summed E-state index contributed by atoms with van der Waals surface area (Å²) >= 11 is 0. The molecule has 0 aliphatic heterocycles. The van der Waals surface area contributed by atoms with Crippen molar-refractivity contribution >= 4 is 16.0 Å². The highest BCUT2D eigenvalue weighted by Crippen LogP contribution is 2.15. The average molecular weight is 658 g/mol. The molecule has 3 unspecified atom stereocenters. The smallest absolute Gasteiger partial charge is 0.267 e. The lowest BCUT2D eigenvalue weighted by Crippen LogP contribution is -2.50. The topological polar surface area (TPSA) is 124 Å². The molecule has 45 heavy (non-hydrogen) atoms. The lowest BCUT2D eigenvalue weighted by atomic mass is 10.0. The normalized spacial score (nSPS) is 14.3. The van der Waals surface area contributed by atoms with Crippen molar-refractivity contribution in [3.63, 3.8) is 0 Å². The maximum atomic E-state index is 12.5. The number of aliphatic hydroxyl groups excluding tert-OH is 2. The molecule has 8 heteroatoms. The molecule has 7 nitrogen and oxygen atoms in total. The number of rotatable bonds is 33. The van der Waals surface area contributed by atoms with Gasteiger partial charge in [0.1, 0.15) is 6.10 Å². The predicted molar refractivity (Wildman–Crippen MR) is 190 cm³/mol. The Morgan fingerprint density at radius 2 is 1.00 bits per heavy atom. The van der Waals surface area contributed by atoms with E-state index in [1.165, 1.54) is 122 Å². The molecule has 4 N–H and O–H groups in total. The minimum absolute atomic E-state index is 0.278. The molecule has 0 fully saturated rings. The van der Waals surface area contributed by atoms with Gasteiger partial charge < -0.3 is 15.5 Å². The standard InChI is InChI=1S/C37H71NO6S/c1-3-5-7-9-11-13-15-17-18-19-20-22-24-26-28-30-32-36(40)37(41)38-34(33-45(42,43)44)35(39)31-29-27-25-23-21-16-14-12-10-8-6-4-2/h21,23,29,31,34-36,39-40H,3-20,22,24-28,30,32-33H2,1-2H3,(H,38,41)(H,42,43,44)/b23-21+,31-29+. The zero-order valence-corrected chi connectivity index (χ0v) is 29.9. The van der Waals surface area contributed by atoms with Crippen molar-refractivity contribution in [1.29, 1.82) is 0 Å². The monoisotopic (exact) mass is 658 g/mol. The minimum atomic E-state index is -4.44. The molecule has 0 bridgehead atoms. The highest BCUT2D eigenvalue weighted by molar-refractivity contribution is 7.85. The molecule has 0 aromatic heterocycles. The van der Waals surface area contributed by atoms with Crippen molar-refractivity contribution in [1.82, 2.24) is 5.32 Å². The number of allylic oxidation sites excluding steroid dienone is 3. The van der Waals surface area contributed by atoms with E-state index < -0.39 is 40.0 Å². The van der Waals surface area contributed by atoms with Gasteiger partial charge in [-0.1, -0.05) is 173 Å². The van der Waals surface area contributed by atoms with E-state index in [4.69, 9.17) is 0 Å². The molecule has 0 saturated heterocycles. The molecule has 1 amide bonds. The molecule has 3 atom stereocenters. The quantitative estimate of drug-likeness (QED) is 0.0317. The van der Waals surface area contributed by atoms with Gasteiger partial charge in [-0.3, -0.25) is 9.35 Å². The second-order valence-corrected chi connectivity index (χ2v) is 14.5. The Balaban J connectivity index is 4.11. The molecule has 266 valence electrons. The first-order valence-electron chi connectivity index (χ1n) is 18.6. The van der Waals surface area contributed by atoms with Crippen LogP contribution < -0.4 is 5.32 Å². The highest BCUT2D eigenvalue weighted by atomic mass is 32.2. The summed E-state index contributed by atoms with van der Waals surface area (Å²) in [4.78, 5) is 12.5. The predicted octanol–water partition coefficient (Wildman–Crippen LogP) is 9.38. The Morgan fingerprint density at radius 1 is 0.600 bits per heavy atom. The Morgan fingerprint density at radius 3 is 1.47 bits per heavy atom. The zero-order chi connectivity index (χ0) is 33.4. The van der Waals surface area contributed by atoms with Gasteiger partial charge in [0.05, 0.1) is 17.9 Å². The second-order valence-electron chi connectivity index (χ2n) is 13.0. The van der Waals surface area contributed by atoms with Gasteiger partial charge in [-0.25, -0.2) is 0 Å². The van der Waals surface area contributed by atoms with Crippen molar-refractivity contribution in [3.05, 3.63) is 24.3 Å². The first kappa shape index (κ1) is 43.8. The lowest BCUT2D eigenvalue weighted by molar-refractivity contribution is -0.130. The van der Waals surface area contributed by atoms with Gasteiger partial charge in [-0.15, -0.1) is 0 Å². The molecule has 0 rings (SSSR count). The number of nitrogens with one attached hydrogen (secondary N) is 1. The third-order valence-corrected chi connectivity index (χ3v) is 9.27. The summed E-state index contributed by atoms with van der Waals surface area (Å²) in [6.45, 7) is 4.47. The SMILES string of the molecule is CCCCCCCC/C=C/CC/C=C/C(O)C(CS(=O)(=O)O)NC(=O)C(O)CCCCCCCCCCCCCCCCCC. The fourth-order valence-electron chi connectivity index (χ4n) is 5.59. The van der Waals surface area contributed by atoms with Crippen LogP contribution in [0.4, 0.5) is 0 Å². The van der Waals surface area contributed by atoms with E-state index in [0.717, 1.165) is 32.1 Å². The minimum Gasteiger partial charge on any atom is -0.387 e. The average Bonchev–Trinajstić information content (AvgIpc) is 3.00. The Labute approximate surface area is 277 Å². The van der Waals surface area contributed by atoms with E-state index >= 15 is 0 Å². The number of carbonyl (C=O) groups is 1. The van der Waals surface area contributed by atoms with Gasteiger partial charge in [-0.05, 0) is 32.1 Å². The van der Waals surface area contributed by atoms with Crippen LogP contribution in [0.25, 0.3) is 0 Å². The summed E-state index contributed by atoms with van der Waals surface area (Å²) in [5, 5.41) is 23.3. The van der Waals surface area contributed by atoms with E-state index in [9.17, 15) is 28.0 Å². The number of carbonyl (C=O) groups excluding carboxylic acids is 1. The largest absolute Gasteiger partial charge is 0.387 e. The molecule has 0 spiro atoms.